The normalized spacial score (nSPS) is 16.0. The van der Waals surface area contributed by atoms with E-state index in [4.69, 9.17) is 0 Å². The molecular weight excluding hydrogens is 337 g/mol. The van der Waals surface area contributed by atoms with Gasteiger partial charge in [0.25, 0.3) is 0 Å². The van der Waals surface area contributed by atoms with E-state index in [1.54, 1.807) is 19.9 Å². The molecule has 0 amide bonds. The first-order valence-electron chi connectivity index (χ1n) is 8.59. The van der Waals surface area contributed by atoms with Crippen LogP contribution in [0.25, 0.3) is 11.1 Å². The van der Waals surface area contributed by atoms with E-state index in [0.717, 1.165) is 12.8 Å². The molecule has 23 heavy (non-hydrogen) atoms. The average molecular weight is 361 g/mol. The van der Waals surface area contributed by atoms with Gasteiger partial charge >= 0.3 is 142 Å². The Labute approximate surface area is 142 Å². The first-order chi connectivity index (χ1) is 11.0. The van der Waals surface area contributed by atoms with Crippen molar-refractivity contribution in [2.75, 3.05) is 0 Å². The van der Waals surface area contributed by atoms with Crippen LogP contribution in [0.2, 0.25) is 11.5 Å². The van der Waals surface area contributed by atoms with Gasteiger partial charge in [0.15, 0.2) is 0 Å². The minimum atomic E-state index is -2.30. The van der Waals surface area contributed by atoms with Gasteiger partial charge in [0.05, 0.1) is 0 Å². The first-order valence-corrected chi connectivity index (χ1v) is 14.9. The molecule has 0 radical (unpaired) electrons. The van der Waals surface area contributed by atoms with E-state index in [9.17, 15) is 0 Å². The topological polar surface area (TPSA) is 0 Å². The Morgan fingerprint density at radius 2 is 1.13 bits per heavy atom. The second-order valence-corrected chi connectivity index (χ2v) is 16.6. The summed E-state index contributed by atoms with van der Waals surface area (Å²) in [6.07, 6.45) is 7.04. The van der Waals surface area contributed by atoms with Crippen molar-refractivity contribution in [2.24, 2.45) is 0 Å². The number of rotatable bonds is 2. The average Bonchev–Trinajstić information content (AvgIpc) is 3.11. The summed E-state index contributed by atoms with van der Waals surface area (Å²) in [5.74, 6) is 5.15. The molecule has 0 saturated carbocycles. The fourth-order valence-electron chi connectivity index (χ4n) is 4.40. The fraction of sp³-hybridized carbons (Fsp3) is 0.273. The molecule has 0 aliphatic heterocycles. The minimum absolute atomic E-state index is 1.12. The molecule has 2 aliphatic carbocycles. The SMILES string of the molecule is CC1=CCc2c1ccc[c]2[Ge]([CH3])([CH3])[c]1cccc2c1CC=C2C. The maximum absolute atomic E-state index is 2.58. The van der Waals surface area contributed by atoms with E-state index < -0.39 is 13.3 Å². The van der Waals surface area contributed by atoms with Crippen LogP contribution in [-0.4, -0.2) is 13.3 Å². The molecule has 116 valence electrons. The summed E-state index contributed by atoms with van der Waals surface area (Å²) in [7, 11) is 0. The molecule has 0 bridgehead atoms. The van der Waals surface area contributed by atoms with Gasteiger partial charge in [0, 0.05) is 0 Å². The molecule has 4 rings (SSSR count). The van der Waals surface area contributed by atoms with Crippen LogP contribution in [0.4, 0.5) is 0 Å². The van der Waals surface area contributed by atoms with Crippen molar-refractivity contribution in [1.82, 2.24) is 0 Å². The van der Waals surface area contributed by atoms with Crippen molar-refractivity contribution in [3.05, 3.63) is 70.8 Å². The van der Waals surface area contributed by atoms with Crippen molar-refractivity contribution < 1.29 is 0 Å². The molecule has 0 aromatic heterocycles. The molecule has 2 aromatic rings. The van der Waals surface area contributed by atoms with Crippen LogP contribution in [0.3, 0.4) is 0 Å². The molecule has 0 heterocycles. The third kappa shape index (κ3) is 2.19. The monoisotopic (exact) mass is 362 g/mol. The van der Waals surface area contributed by atoms with Crippen LogP contribution in [0.15, 0.2) is 48.6 Å². The fourth-order valence-corrected chi connectivity index (χ4v) is 11.3. The van der Waals surface area contributed by atoms with Gasteiger partial charge in [0.1, 0.15) is 0 Å². The van der Waals surface area contributed by atoms with E-state index in [-0.39, 0.29) is 0 Å². The molecule has 0 fully saturated rings. The summed E-state index contributed by atoms with van der Waals surface area (Å²) in [5, 5.41) is 0. The zero-order chi connectivity index (χ0) is 16.2. The van der Waals surface area contributed by atoms with E-state index >= 15 is 0 Å². The summed E-state index contributed by atoms with van der Waals surface area (Å²) in [6, 6.07) is 14.0. The Morgan fingerprint density at radius 1 is 0.696 bits per heavy atom. The first kappa shape index (κ1) is 15.0. The second kappa shape index (κ2) is 5.24. The zero-order valence-electron chi connectivity index (χ0n) is 14.5. The van der Waals surface area contributed by atoms with Crippen molar-refractivity contribution in [3.63, 3.8) is 0 Å². The Balaban J connectivity index is 1.89. The number of fused-ring (bicyclic) bond motifs is 2. The van der Waals surface area contributed by atoms with E-state index in [1.165, 1.54) is 22.3 Å². The molecule has 0 N–H and O–H groups in total. The van der Waals surface area contributed by atoms with Gasteiger partial charge in [-0.3, -0.25) is 0 Å². The second-order valence-electron chi connectivity index (χ2n) is 7.47. The van der Waals surface area contributed by atoms with E-state index in [0.29, 0.717) is 0 Å². The summed E-state index contributed by atoms with van der Waals surface area (Å²) in [5.41, 5.74) is 9.10. The predicted octanol–water partition coefficient (Wildman–Crippen LogP) is 4.43. The molecule has 0 nitrogen and oxygen atoms in total. The van der Waals surface area contributed by atoms with Gasteiger partial charge in [-0.2, -0.15) is 0 Å². The number of hydrogen-bond donors (Lipinski definition) is 0. The quantitative estimate of drug-likeness (QED) is 0.695. The van der Waals surface area contributed by atoms with Crippen LogP contribution in [0.5, 0.6) is 0 Å². The summed E-state index contributed by atoms with van der Waals surface area (Å²) < 4.78 is 3.35. The van der Waals surface area contributed by atoms with Gasteiger partial charge in [-0.15, -0.1) is 0 Å². The van der Waals surface area contributed by atoms with E-state index in [1.807, 2.05) is 0 Å². The van der Waals surface area contributed by atoms with Crippen LogP contribution < -0.4 is 8.79 Å². The summed E-state index contributed by atoms with van der Waals surface area (Å²) in [4.78, 5) is 0. The summed E-state index contributed by atoms with van der Waals surface area (Å²) in [6.45, 7) is 4.51. The molecule has 0 unspecified atom stereocenters. The molecule has 0 saturated heterocycles. The molecule has 2 aromatic carbocycles. The number of benzene rings is 2. The number of hydrogen-bond acceptors (Lipinski definition) is 0. The number of allylic oxidation sites excluding steroid dienone is 4. The zero-order valence-corrected chi connectivity index (χ0v) is 16.6. The van der Waals surface area contributed by atoms with Gasteiger partial charge in [-0.1, -0.05) is 0 Å². The Kier molecular flexibility index (Phi) is 3.42. The Hall–Kier alpha value is -1.54. The van der Waals surface area contributed by atoms with Gasteiger partial charge in [-0.25, -0.2) is 0 Å². The summed E-state index contributed by atoms with van der Waals surface area (Å²) >= 11 is -2.30. The Bertz CT molecular complexity index is 794. The molecule has 0 spiro atoms. The van der Waals surface area contributed by atoms with Crippen molar-refractivity contribution in [2.45, 2.75) is 38.2 Å². The molecule has 1 heteroatoms. The predicted molar refractivity (Wildman–Crippen MR) is 104 cm³/mol. The standard InChI is InChI=1S/C22H24Ge/c1-15-11-13-19-17(15)7-5-9-21(19)23(3,4)22-10-6-8-18-16(2)12-14-20(18)22/h5-12H,13-14H2,1-4H3. The third-order valence-electron chi connectivity index (χ3n) is 5.77. The van der Waals surface area contributed by atoms with Gasteiger partial charge in [-0.05, 0) is 0 Å². The van der Waals surface area contributed by atoms with Crippen LogP contribution in [-0.2, 0) is 12.8 Å². The van der Waals surface area contributed by atoms with Gasteiger partial charge in [0.2, 0.25) is 0 Å². The molecular formula is C22H24Ge. The van der Waals surface area contributed by atoms with Crippen LogP contribution >= 0.6 is 0 Å². The van der Waals surface area contributed by atoms with E-state index in [2.05, 4.69) is 73.9 Å². The van der Waals surface area contributed by atoms with Crippen molar-refractivity contribution in [3.8, 4) is 0 Å². The molecule has 2 aliphatic rings. The van der Waals surface area contributed by atoms with Crippen molar-refractivity contribution in [1.29, 1.82) is 0 Å². The molecule has 0 atom stereocenters. The van der Waals surface area contributed by atoms with Crippen molar-refractivity contribution >= 4 is 33.2 Å². The van der Waals surface area contributed by atoms with Crippen LogP contribution in [0, 0.1) is 0 Å². The maximum atomic E-state index is 2.58. The van der Waals surface area contributed by atoms with Gasteiger partial charge < -0.3 is 0 Å². The third-order valence-corrected chi connectivity index (χ3v) is 13.4. The Morgan fingerprint density at radius 3 is 1.57 bits per heavy atom. The van der Waals surface area contributed by atoms with Crippen LogP contribution in [0.1, 0.15) is 36.1 Å².